The molecule has 1 saturated carbocycles. The normalized spacial score (nSPS) is 30.7. The molecule has 1 aliphatic heterocycles. The summed E-state index contributed by atoms with van der Waals surface area (Å²) < 4.78 is 0. The maximum atomic E-state index is 3.80. The van der Waals surface area contributed by atoms with Gasteiger partial charge in [0.1, 0.15) is 0 Å². The van der Waals surface area contributed by atoms with Crippen LogP contribution in [0.4, 0.5) is 5.69 Å². The first kappa shape index (κ1) is 13.0. The molecule has 3 rings (SSSR count). The second-order valence-electron chi connectivity index (χ2n) is 6.35. The Morgan fingerprint density at radius 3 is 2.68 bits per heavy atom. The van der Waals surface area contributed by atoms with E-state index in [4.69, 9.17) is 0 Å². The molecule has 2 fully saturated rings. The first-order valence-electron chi connectivity index (χ1n) is 7.81. The van der Waals surface area contributed by atoms with Gasteiger partial charge in [0, 0.05) is 17.8 Å². The summed E-state index contributed by atoms with van der Waals surface area (Å²) in [7, 11) is 0. The lowest BCUT2D eigenvalue weighted by Crippen LogP contribution is -2.38. The predicted octanol–water partition coefficient (Wildman–Crippen LogP) is 3.64. The number of aryl methyl sites for hydroxylation is 2. The topological polar surface area (TPSA) is 24.1 Å². The zero-order chi connectivity index (χ0) is 13.2. The Labute approximate surface area is 117 Å². The number of hydrogen-bond donors (Lipinski definition) is 2. The van der Waals surface area contributed by atoms with E-state index >= 15 is 0 Å². The molecule has 104 valence electrons. The molecule has 19 heavy (non-hydrogen) atoms. The Bertz CT molecular complexity index is 435. The first-order chi connectivity index (χ1) is 9.24. The van der Waals surface area contributed by atoms with Crippen LogP contribution >= 0.6 is 0 Å². The fourth-order valence-corrected chi connectivity index (χ4v) is 3.77. The van der Waals surface area contributed by atoms with Crippen LogP contribution < -0.4 is 10.6 Å². The molecule has 0 aromatic heterocycles. The van der Waals surface area contributed by atoms with Crippen molar-refractivity contribution in [3.05, 3.63) is 29.3 Å². The van der Waals surface area contributed by atoms with Crippen LogP contribution in [-0.2, 0) is 0 Å². The highest BCUT2D eigenvalue weighted by Gasteiger charge is 2.34. The molecule has 1 heterocycles. The first-order valence-corrected chi connectivity index (χ1v) is 7.81. The van der Waals surface area contributed by atoms with E-state index in [0.29, 0.717) is 6.04 Å². The van der Waals surface area contributed by atoms with Crippen molar-refractivity contribution in [2.45, 2.75) is 58.0 Å². The number of anilines is 1. The Kier molecular flexibility index (Phi) is 3.79. The van der Waals surface area contributed by atoms with Crippen molar-refractivity contribution >= 4 is 5.69 Å². The summed E-state index contributed by atoms with van der Waals surface area (Å²) in [6.07, 6.45) is 6.83. The largest absolute Gasteiger partial charge is 0.382 e. The third-order valence-electron chi connectivity index (χ3n) is 5.04. The monoisotopic (exact) mass is 258 g/mol. The van der Waals surface area contributed by atoms with Crippen molar-refractivity contribution in [3.8, 4) is 0 Å². The third kappa shape index (κ3) is 2.79. The van der Waals surface area contributed by atoms with Gasteiger partial charge in [-0.3, -0.25) is 0 Å². The second kappa shape index (κ2) is 5.54. The molecule has 0 bridgehead atoms. The number of rotatable bonds is 3. The van der Waals surface area contributed by atoms with Crippen molar-refractivity contribution in [2.75, 3.05) is 11.9 Å². The fraction of sp³-hybridized carbons (Fsp3) is 0.647. The summed E-state index contributed by atoms with van der Waals surface area (Å²) in [6.45, 7) is 5.60. The van der Waals surface area contributed by atoms with Gasteiger partial charge in [0.05, 0.1) is 0 Å². The SMILES string of the molecule is Cc1ccc(NC2CCCC2C2CCCN2)cc1C. The zero-order valence-corrected chi connectivity index (χ0v) is 12.2. The summed E-state index contributed by atoms with van der Waals surface area (Å²) >= 11 is 0. The van der Waals surface area contributed by atoms with E-state index < -0.39 is 0 Å². The molecule has 2 aliphatic rings. The molecule has 1 saturated heterocycles. The summed E-state index contributed by atoms with van der Waals surface area (Å²) in [5.41, 5.74) is 4.07. The van der Waals surface area contributed by atoms with E-state index in [0.717, 1.165) is 12.0 Å². The van der Waals surface area contributed by atoms with E-state index in [1.807, 2.05) is 0 Å². The van der Waals surface area contributed by atoms with Gasteiger partial charge in [-0.2, -0.15) is 0 Å². The summed E-state index contributed by atoms with van der Waals surface area (Å²) in [5.74, 6) is 0.823. The Balaban J connectivity index is 1.69. The molecule has 2 heteroatoms. The average Bonchev–Trinajstić information content (AvgIpc) is 3.04. The minimum absolute atomic E-state index is 0.665. The smallest absolute Gasteiger partial charge is 0.0345 e. The van der Waals surface area contributed by atoms with Gasteiger partial charge in [0.25, 0.3) is 0 Å². The molecule has 2 nitrogen and oxygen atoms in total. The number of benzene rings is 1. The van der Waals surface area contributed by atoms with Gasteiger partial charge in [-0.05, 0) is 75.3 Å². The summed E-state index contributed by atoms with van der Waals surface area (Å²) in [5, 5.41) is 7.49. The second-order valence-corrected chi connectivity index (χ2v) is 6.35. The highest BCUT2D eigenvalue weighted by Crippen LogP contribution is 2.34. The van der Waals surface area contributed by atoms with Crippen LogP contribution in [0.3, 0.4) is 0 Å². The summed E-state index contributed by atoms with van der Waals surface area (Å²) in [6, 6.07) is 8.19. The van der Waals surface area contributed by atoms with Crippen LogP contribution in [0.25, 0.3) is 0 Å². The van der Waals surface area contributed by atoms with Crippen LogP contribution in [0.5, 0.6) is 0 Å². The molecule has 3 unspecified atom stereocenters. The lowest BCUT2D eigenvalue weighted by molar-refractivity contribution is 0.376. The quantitative estimate of drug-likeness (QED) is 0.865. The van der Waals surface area contributed by atoms with Crippen molar-refractivity contribution in [2.24, 2.45) is 5.92 Å². The van der Waals surface area contributed by atoms with Crippen molar-refractivity contribution in [3.63, 3.8) is 0 Å². The molecule has 3 atom stereocenters. The van der Waals surface area contributed by atoms with Crippen LogP contribution in [0.15, 0.2) is 18.2 Å². The van der Waals surface area contributed by atoms with Gasteiger partial charge < -0.3 is 10.6 Å². The minimum Gasteiger partial charge on any atom is -0.382 e. The molecule has 0 radical (unpaired) electrons. The van der Waals surface area contributed by atoms with Gasteiger partial charge in [-0.15, -0.1) is 0 Å². The van der Waals surface area contributed by atoms with Crippen LogP contribution in [0, 0.1) is 19.8 Å². The van der Waals surface area contributed by atoms with E-state index in [1.54, 1.807) is 0 Å². The Morgan fingerprint density at radius 2 is 1.95 bits per heavy atom. The van der Waals surface area contributed by atoms with Crippen LogP contribution in [0.1, 0.15) is 43.2 Å². The third-order valence-corrected chi connectivity index (χ3v) is 5.04. The zero-order valence-electron chi connectivity index (χ0n) is 12.2. The van der Waals surface area contributed by atoms with Gasteiger partial charge in [-0.25, -0.2) is 0 Å². The van der Waals surface area contributed by atoms with E-state index in [2.05, 4.69) is 42.7 Å². The molecule has 1 aromatic rings. The van der Waals surface area contributed by atoms with E-state index in [9.17, 15) is 0 Å². The average molecular weight is 258 g/mol. The summed E-state index contributed by atoms with van der Waals surface area (Å²) in [4.78, 5) is 0. The number of hydrogen-bond acceptors (Lipinski definition) is 2. The lowest BCUT2D eigenvalue weighted by Gasteiger charge is -2.27. The number of nitrogens with one attached hydrogen (secondary N) is 2. The molecule has 0 amide bonds. The molecular weight excluding hydrogens is 232 g/mol. The van der Waals surface area contributed by atoms with Gasteiger partial charge in [-0.1, -0.05) is 12.5 Å². The fourth-order valence-electron chi connectivity index (χ4n) is 3.77. The van der Waals surface area contributed by atoms with Crippen molar-refractivity contribution in [1.29, 1.82) is 0 Å². The lowest BCUT2D eigenvalue weighted by atomic mass is 9.93. The van der Waals surface area contributed by atoms with Crippen molar-refractivity contribution < 1.29 is 0 Å². The van der Waals surface area contributed by atoms with Crippen LogP contribution in [0.2, 0.25) is 0 Å². The van der Waals surface area contributed by atoms with Crippen LogP contribution in [-0.4, -0.2) is 18.6 Å². The molecular formula is C17H26N2. The van der Waals surface area contributed by atoms with E-state index in [1.165, 1.54) is 55.5 Å². The Morgan fingerprint density at radius 1 is 1.05 bits per heavy atom. The van der Waals surface area contributed by atoms with Crippen molar-refractivity contribution in [1.82, 2.24) is 5.32 Å². The molecule has 1 aromatic carbocycles. The standard InChI is InChI=1S/C17H26N2/c1-12-8-9-14(11-13(12)2)19-17-6-3-5-15(17)16-7-4-10-18-16/h8-9,11,15-19H,3-7,10H2,1-2H3. The van der Waals surface area contributed by atoms with E-state index in [-0.39, 0.29) is 0 Å². The molecule has 0 spiro atoms. The maximum absolute atomic E-state index is 3.80. The minimum atomic E-state index is 0.665. The maximum Gasteiger partial charge on any atom is 0.0345 e. The highest BCUT2D eigenvalue weighted by molar-refractivity contribution is 5.49. The van der Waals surface area contributed by atoms with Gasteiger partial charge in [0.15, 0.2) is 0 Å². The highest BCUT2D eigenvalue weighted by atomic mass is 15.0. The predicted molar refractivity (Wildman–Crippen MR) is 81.7 cm³/mol. The Hall–Kier alpha value is -1.02. The molecule has 1 aliphatic carbocycles. The van der Waals surface area contributed by atoms with Gasteiger partial charge >= 0.3 is 0 Å². The van der Waals surface area contributed by atoms with Gasteiger partial charge in [0.2, 0.25) is 0 Å². The molecule has 2 N–H and O–H groups in total.